The summed E-state index contributed by atoms with van der Waals surface area (Å²) >= 11 is 12.7. The Balaban J connectivity index is 2.50. The molecule has 0 aliphatic heterocycles. The molecule has 0 saturated heterocycles. The largest absolute Gasteiger partial charge is 0.497 e. The number of hydrogen-bond acceptors (Lipinski definition) is 6. The van der Waals surface area contributed by atoms with Gasteiger partial charge in [-0.1, -0.05) is 36.2 Å². The summed E-state index contributed by atoms with van der Waals surface area (Å²) in [6.45, 7) is 3.21. The highest BCUT2D eigenvalue weighted by Crippen LogP contribution is 2.34. The second-order valence-corrected chi connectivity index (χ2v) is 10.7. The Hall–Kier alpha value is -2.69. The second kappa shape index (κ2) is 13.0. The number of nitrogens with zero attached hydrogens (tertiary/aromatic N) is 2. The number of benzene rings is 2. The third-order valence-electron chi connectivity index (χ3n) is 5.44. The lowest BCUT2D eigenvalue weighted by atomic mass is 10.1. The zero-order chi connectivity index (χ0) is 27.0. The number of methoxy groups -OCH3 is 2. The average Bonchev–Trinajstić information content (AvgIpc) is 2.84. The second-order valence-electron chi connectivity index (χ2n) is 8.00. The minimum absolute atomic E-state index is 0.102. The number of sulfonamides is 1. The van der Waals surface area contributed by atoms with Crippen molar-refractivity contribution in [3.05, 3.63) is 52.0 Å². The maximum absolute atomic E-state index is 13.6. The van der Waals surface area contributed by atoms with Crippen LogP contribution in [0, 0.1) is 0 Å². The fraction of sp³-hybridized carbons (Fsp3) is 0.417. The third kappa shape index (κ3) is 7.41. The number of anilines is 1. The molecule has 0 heterocycles. The topological polar surface area (TPSA) is 105 Å². The van der Waals surface area contributed by atoms with Crippen LogP contribution in [0.5, 0.6) is 11.5 Å². The molecule has 0 aliphatic rings. The van der Waals surface area contributed by atoms with Gasteiger partial charge in [0.1, 0.15) is 24.1 Å². The number of hydrogen-bond donors (Lipinski definition) is 1. The van der Waals surface area contributed by atoms with Gasteiger partial charge in [-0.15, -0.1) is 0 Å². The van der Waals surface area contributed by atoms with Crippen LogP contribution in [0.3, 0.4) is 0 Å². The van der Waals surface area contributed by atoms with Crippen LogP contribution in [0.15, 0.2) is 36.4 Å². The summed E-state index contributed by atoms with van der Waals surface area (Å²) in [6.07, 6.45) is 1.69. The van der Waals surface area contributed by atoms with Crippen molar-refractivity contribution >= 4 is 50.7 Å². The molecule has 0 aromatic heterocycles. The Kier molecular flexibility index (Phi) is 10.7. The van der Waals surface area contributed by atoms with E-state index < -0.39 is 28.5 Å². The summed E-state index contributed by atoms with van der Waals surface area (Å²) < 4.78 is 37.0. The Labute approximate surface area is 222 Å². The molecule has 0 radical (unpaired) electrons. The molecule has 2 aromatic rings. The van der Waals surface area contributed by atoms with Crippen LogP contribution in [0.25, 0.3) is 0 Å². The van der Waals surface area contributed by atoms with Gasteiger partial charge in [-0.2, -0.15) is 0 Å². The van der Waals surface area contributed by atoms with Crippen molar-refractivity contribution in [2.24, 2.45) is 0 Å². The molecule has 1 atom stereocenters. The Morgan fingerprint density at radius 3 is 2.25 bits per heavy atom. The van der Waals surface area contributed by atoms with E-state index in [0.717, 1.165) is 10.6 Å². The summed E-state index contributed by atoms with van der Waals surface area (Å²) in [5.74, 6) is -0.372. The van der Waals surface area contributed by atoms with E-state index in [2.05, 4.69) is 5.32 Å². The van der Waals surface area contributed by atoms with Gasteiger partial charge in [0.2, 0.25) is 21.8 Å². The molecule has 36 heavy (non-hydrogen) atoms. The van der Waals surface area contributed by atoms with Crippen molar-refractivity contribution in [2.45, 2.75) is 32.9 Å². The van der Waals surface area contributed by atoms with Crippen molar-refractivity contribution in [3.63, 3.8) is 0 Å². The predicted molar refractivity (Wildman–Crippen MR) is 142 cm³/mol. The first-order chi connectivity index (χ1) is 16.9. The zero-order valence-corrected chi connectivity index (χ0v) is 23.2. The van der Waals surface area contributed by atoms with Gasteiger partial charge >= 0.3 is 0 Å². The molecule has 12 heteroatoms. The SMILES string of the molecule is CCCNC(=O)[C@@H](C)N(Cc1c(Cl)cccc1Cl)C(=O)CN(c1ccc(OC)cc1OC)S(C)(=O)=O. The van der Waals surface area contributed by atoms with E-state index in [1.165, 1.54) is 31.3 Å². The first-order valence-corrected chi connectivity index (χ1v) is 13.7. The monoisotopic (exact) mass is 559 g/mol. The zero-order valence-electron chi connectivity index (χ0n) is 20.9. The smallest absolute Gasteiger partial charge is 0.244 e. The molecule has 2 aromatic carbocycles. The van der Waals surface area contributed by atoms with E-state index >= 15 is 0 Å². The number of nitrogens with one attached hydrogen (secondary N) is 1. The quantitative estimate of drug-likeness (QED) is 0.425. The van der Waals surface area contributed by atoms with Crippen LogP contribution in [0.2, 0.25) is 10.0 Å². The number of carbonyl (C=O) groups excluding carboxylic acids is 2. The minimum Gasteiger partial charge on any atom is -0.497 e. The van der Waals surface area contributed by atoms with Crippen LogP contribution in [0.1, 0.15) is 25.8 Å². The summed E-state index contributed by atoms with van der Waals surface area (Å²) in [4.78, 5) is 27.7. The first kappa shape index (κ1) is 29.5. The van der Waals surface area contributed by atoms with Crippen LogP contribution in [0.4, 0.5) is 5.69 Å². The van der Waals surface area contributed by atoms with Gasteiger partial charge in [0.05, 0.1) is 26.2 Å². The first-order valence-electron chi connectivity index (χ1n) is 11.1. The van der Waals surface area contributed by atoms with Gasteiger partial charge in [-0.25, -0.2) is 8.42 Å². The molecule has 1 N–H and O–H groups in total. The molecule has 0 fully saturated rings. The molecular formula is C24H31Cl2N3O6S. The third-order valence-corrected chi connectivity index (χ3v) is 7.28. The molecular weight excluding hydrogens is 529 g/mol. The van der Waals surface area contributed by atoms with E-state index in [1.807, 2.05) is 6.92 Å². The van der Waals surface area contributed by atoms with Crippen molar-refractivity contribution in [3.8, 4) is 11.5 Å². The number of ether oxygens (including phenoxy) is 2. The lowest BCUT2D eigenvalue weighted by Gasteiger charge is -2.32. The predicted octanol–water partition coefficient (Wildman–Crippen LogP) is 3.72. The molecule has 0 spiro atoms. The molecule has 2 rings (SSSR count). The average molecular weight is 561 g/mol. The summed E-state index contributed by atoms with van der Waals surface area (Å²) in [5, 5.41) is 3.40. The van der Waals surface area contributed by atoms with Gasteiger partial charge in [0, 0.05) is 34.8 Å². The normalized spacial score (nSPS) is 12.0. The Bertz CT molecular complexity index is 1170. The van der Waals surface area contributed by atoms with E-state index in [4.69, 9.17) is 32.7 Å². The van der Waals surface area contributed by atoms with E-state index in [-0.39, 0.29) is 23.9 Å². The van der Waals surface area contributed by atoms with Crippen LogP contribution >= 0.6 is 23.2 Å². The highest BCUT2D eigenvalue weighted by molar-refractivity contribution is 7.92. The highest BCUT2D eigenvalue weighted by atomic mass is 35.5. The summed E-state index contributed by atoms with van der Waals surface area (Å²) in [7, 11) is -1.09. The fourth-order valence-electron chi connectivity index (χ4n) is 3.42. The van der Waals surface area contributed by atoms with E-state index in [1.54, 1.807) is 31.2 Å². The number of halogens is 2. The van der Waals surface area contributed by atoms with Crippen molar-refractivity contribution in [1.29, 1.82) is 0 Å². The maximum atomic E-state index is 13.6. The summed E-state index contributed by atoms with van der Waals surface area (Å²) in [6, 6.07) is 8.53. The highest BCUT2D eigenvalue weighted by Gasteiger charge is 2.32. The molecule has 0 bridgehead atoms. The van der Waals surface area contributed by atoms with Crippen LogP contribution in [-0.2, 0) is 26.2 Å². The van der Waals surface area contributed by atoms with E-state index in [0.29, 0.717) is 34.3 Å². The molecule has 2 amide bonds. The van der Waals surface area contributed by atoms with Crippen molar-refractivity contribution in [2.75, 3.05) is 37.9 Å². The fourth-order valence-corrected chi connectivity index (χ4v) is 4.79. The van der Waals surface area contributed by atoms with Gasteiger partial charge in [-0.05, 0) is 37.6 Å². The maximum Gasteiger partial charge on any atom is 0.244 e. The van der Waals surface area contributed by atoms with Crippen molar-refractivity contribution < 1.29 is 27.5 Å². The van der Waals surface area contributed by atoms with Crippen molar-refractivity contribution in [1.82, 2.24) is 10.2 Å². The lowest BCUT2D eigenvalue weighted by molar-refractivity contribution is -0.139. The Morgan fingerprint density at radius 2 is 1.72 bits per heavy atom. The molecule has 0 saturated carbocycles. The number of rotatable bonds is 12. The Morgan fingerprint density at radius 1 is 1.08 bits per heavy atom. The van der Waals surface area contributed by atoms with Gasteiger partial charge in [-0.3, -0.25) is 13.9 Å². The number of amides is 2. The number of carbonyl (C=O) groups is 2. The molecule has 0 unspecified atom stereocenters. The van der Waals surface area contributed by atoms with Crippen LogP contribution in [-0.4, -0.2) is 64.7 Å². The molecule has 9 nitrogen and oxygen atoms in total. The van der Waals surface area contributed by atoms with Gasteiger partial charge < -0.3 is 19.7 Å². The molecule has 0 aliphatic carbocycles. The van der Waals surface area contributed by atoms with Gasteiger partial charge in [0.15, 0.2) is 0 Å². The van der Waals surface area contributed by atoms with Gasteiger partial charge in [0.25, 0.3) is 0 Å². The standard InChI is InChI=1S/C24H31Cl2N3O6S/c1-6-12-27-24(31)16(2)28(14-18-19(25)8-7-9-20(18)26)23(30)15-29(36(5,32)33)21-11-10-17(34-3)13-22(21)35-4/h7-11,13,16H,6,12,14-15H2,1-5H3,(H,27,31)/t16-/m1/s1. The van der Waals surface area contributed by atoms with Crippen LogP contribution < -0.4 is 19.1 Å². The molecule has 198 valence electrons. The van der Waals surface area contributed by atoms with E-state index in [9.17, 15) is 18.0 Å². The minimum atomic E-state index is -3.94. The lowest BCUT2D eigenvalue weighted by Crippen LogP contribution is -2.51. The summed E-state index contributed by atoms with van der Waals surface area (Å²) in [5.41, 5.74) is 0.588.